The quantitative estimate of drug-likeness (QED) is 0.928. The lowest BCUT2D eigenvalue weighted by Crippen LogP contribution is -2.36. The highest BCUT2D eigenvalue weighted by atomic mass is 16.2. The summed E-state index contributed by atoms with van der Waals surface area (Å²) in [6.45, 7) is 4.55. The highest BCUT2D eigenvalue weighted by Crippen LogP contribution is 2.16. The van der Waals surface area contributed by atoms with E-state index in [4.69, 9.17) is 5.73 Å². The number of pyridine rings is 1. The molecule has 1 aromatic carbocycles. The molecule has 0 bridgehead atoms. The second-order valence-electron chi connectivity index (χ2n) is 4.98. The van der Waals surface area contributed by atoms with Crippen molar-refractivity contribution in [2.75, 3.05) is 5.73 Å². The van der Waals surface area contributed by atoms with Gasteiger partial charge in [0.1, 0.15) is 0 Å². The number of nitrogens with two attached hydrogens (primary N) is 1. The summed E-state index contributed by atoms with van der Waals surface area (Å²) in [7, 11) is 0. The van der Waals surface area contributed by atoms with Crippen LogP contribution in [0.2, 0.25) is 0 Å². The molecule has 0 fully saturated rings. The average molecular weight is 269 g/mol. The normalized spacial score (nSPS) is 10.6. The molecule has 0 spiro atoms. The molecule has 1 aromatic heterocycles. The van der Waals surface area contributed by atoms with Crippen LogP contribution >= 0.6 is 0 Å². The molecule has 0 aliphatic heterocycles. The van der Waals surface area contributed by atoms with Crippen LogP contribution in [0.5, 0.6) is 0 Å². The number of carbonyl (C=O) groups is 1. The van der Waals surface area contributed by atoms with Gasteiger partial charge in [-0.1, -0.05) is 30.3 Å². The summed E-state index contributed by atoms with van der Waals surface area (Å²) in [5.41, 5.74) is 7.88. The van der Waals surface area contributed by atoms with Crippen molar-refractivity contribution in [1.29, 1.82) is 0 Å². The van der Waals surface area contributed by atoms with Crippen molar-refractivity contribution in [1.82, 2.24) is 9.88 Å². The van der Waals surface area contributed by atoms with E-state index in [0.29, 0.717) is 17.8 Å². The van der Waals surface area contributed by atoms with E-state index in [2.05, 4.69) is 4.98 Å². The number of hydrogen-bond donors (Lipinski definition) is 1. The lowest BCUT2D eigenvalue weighted by atomic mass is 10.1. The van der Waals surface area contributed by atoms with E-state index < -0.39 is 0 Å². The maximum absolute atomic E-state index is 12.6. The molecule has 4 heteroatoms. The number of hydrogen-bond acceptors (Lipinski definition) is 3. The Bertz CT molecular complexity index is 581. The lowest BCUT2D eigenvalue weighted by Gasteiger charge is -2.27. The molecule has 2 N–H and O–H groups in total. The second-order valence-corrected chi connectivity index (χ2v) is 4.98. The summed E-state index contributed by atoms with van der Waals surface area (Å²) in [6, 6.07) is 11.7. The second kappa shape index (κ2) is 6.19. The fourth-order valence-corrected chi connectivity index (χ4v) is 2.01. The molecule has 0 aliphatic rings. The number of rotatable bonds is 4. The lowest BCUT2D eigenvalue weighted by molar-refractivity contribution is 0.0691. The Balaban J connectivity index is 2.25. The average Bonchev–Trinajstić information content (AvgIpc) is 2.45. The number of nitrogen functional groups attached to an aromatic ring is 1. The Morgan fingerprint density at radius 2 is 1.95 bits per heavy atom. The summed E-state index contributed by atoms with van der Waals surface area (Å²) in [5.74, 6) is -0.0885. The van der Waals surface area contributed by atoms with Gasteiger partial charge < -0.3 is 10.6 Å². The third-order valence-electron chi connectivity index (χ3n) is 3.17. The SMILES string of the molecule is CC(C)N(Cc1ccccc1)C(=O)c1cnccc1N. The zero-order valence-electron chi connectivity index (χ0n) is 11.8. The zero-order chi connectivity index (χ0) is 14.5. The van der Waals surface area contributed by atoms with Crippen molar-refractivity contribution in [3.8, 4) is 0 Å². The molecular weight excluding hydrogens is 250 g/mol. The number of benzene rings is 1. The van der Waals surface area contributed by atoms with E-state index >= 15 is 0 Å². The molecule has 0 unspecified atom stereocenters. The molecule has 0 saturated carbocycles. The van der Waals surface area contributed by atoms with Gasteiger partial charge in [0, 0.05) is 30.7 Å². The summed E-state index contributed by atoms with van der Waals surface area (Å²) < 4.78 is 0. The van der Waals surface area contributed by atoms with E-state index in [1.807, 2.05) is 44.2 Å². The number of carbonyl (C=O) groups excluding carboxylic acids is 1. The highest BCUT2D eigenvalue weighted by molar-refractivity contribution is 5.98. The first-order chi connectivity index (χ1) is 9.59. The summed E-state index contributed by atoms with van der Waals surface area (Å²) in [6.07, 6.45) is 3.11. The molecule has 0 radical (unpaired) electrons. The number of amides is 1. The Morgan fingerprint density at radius 3 is 2.55 bits per heavy atom. The van der Waals surface area contributed by atoms with Crippen LogP contribution < -0.4 is 5.73 Å². The first kappa shape index (κ1) is 14.1. The van der Waals surface area contributed by atoms with Crippen molar-refractivity contribution in [3.63, 3.8) is 0 Å². The fourth-order valence-electron chi connectivity index (χ4n) is 2.01. The summed E-state index contributed by atoms with van der Waals surface area (Å²) in [5, 5.41) is 0. The van der Waals surface area contributed by atoms with E-state index in [1.165, 1.54) is 6.20 Å². The van der Waals surface area contributed by atoms with Gasteiger partial charge in [-0.25, -0.2) is 0 Å². The maximum atomic E-state index is 12.6. The minimum atomic E-state index is -0.0885. The molecule has 1 amide bonds. The molecule has 104 valence electrons. The fraction of sp³-hybridized carbons (Fsp3) is 0.250. The number of nitrogens with zero attached hydrogens (tertiary/aromatic N) is 2. The van der Waals surface area contributed by atoms with Gasteiger partial charge in [0.25, 0.3) is 5.91 Å². The van der Waals surface area contributed by atoms with Gasteiger partial charge in [0.05, 0.1) is 5.56 Å². The van der Waals surface area contributed by atoms with Gasteiger partial charge in [-0.2, -0.15) is 0 Å². The van der Waals surface area contributed by atoms with Crippen LogP contribution in [0.25, 0.3) is 0 Å². The van der Waals surface area contributed by atoms with Crippen LogP contribution in [-0.2, 0) is 6.54 Å². The molecule has 2 rings (SSSR count). The van der Waals surface area contributed by atoms with Crippen molar-refractivity contribution in [2.45, 2.75) is 26.4 Å². The first-order valence-corrected chi connectivity index (χ1v) is 6.64. The van der Waals surface area contributed by atoms with Crippen LogP contribution in [0.3, 0.4) is 0 Å². The van der Waals surface area contributed by atoms with Gasteiger partial charge in [-0.15, -0.1) is 0 Å². The van der Waals surface area contributed by atoms with Crippen molar-refractivity contribution in [3.05, 3.63) is 59.9 Å². The Morgan fingerprint density at radius 1 is 1.25 bits per heavy atom. The van der Waals surface area contributed by atoms with Gasteiger partial charge in [-0.3, -0.25) is 9.78 Å². The summed E-state index contributed by atoms with van der Waals surface area (Å²) >= 11 is 0. The van der Waals surface area contributed by atoms with Gasteiger partial charge >= 0.3 is 0 Å². The third-order valence-corrected chi connectivity index (χ3v) is 3.17. The largest absolute Gasteiger partial charge is 0.398 e. The Hall–Kier alpha value is -2.36. The van der Waals surface area contributed by atoms with Crippen LogP contribution in [-0.4, -0.2) is 21.8 Å². The zero-order valence-corrected chi connectivity index (χ0v) is 11.8. The molecule has 2 aromatic rings. The van der Waals surface area contributed by atoms with Crippen LogP contribution in [0, 0.1) is 0 Å². The van der Waals surface area contributed by atoms with Crippen molar-refractivity contribution >= 4 is 11.6 Å². The van der Waals surface area contributed by atoms with E-state index in [0.717, 1.165) is 5.56 Å². The first-order valence-electron chi connectivity index (χ1n) is 6.64. The number of anilines is 1. The van der Waals surface area contributed by atoms with Gasteiger partial charge in [-0.05, 0) is 25.5 Å². The number of aromatic nitrogens is 1. The molecule has 1 heterocycles. The maximum Gasteiger partial charge on any atom is 0.258 e. The standard InChI is InChI=1S/C16H19N3O/c1-12(2)19(11-13-6-4-3-5-7-13)16(20)14-10-18-9-8-15(14)17/h3-10,12H,11H2,1-2H3,(H2,17,18). The molecule has 0 atom stereocenters. The minimum absolute atomic E-state index is 0.0855. The predicted octanol–water partition coefficient (Wildman–Crippen LogP) is 2.71. The van der Waals surface area contributed by atoms with Crippen molar-refractivity contribution < 1.29 is 4.79 Å². The van der Waals surface area contributed by atoms with Crippen molar-refractivity contribution in [2.24, 2.45) is 0 Å². The molecule has 4 nitrogen and oxygen atoms in total. The Kier molecular flexibility index (Phi) is 4.35. The topological polar surface area (TPSA) is 59.2 Å². The smallest absolute Gasteiger partial charge is 0.258 e. The molecule has 20 heavy (non-hydrogen) atoms. The van der Waals surface area contributed by atoms with Crippen LogP contribution in [0.1, 0.15) is 29.8 Å². The monoisotopic (exact) mass is 269 g/mol. The predicted molar refractivity (Wildman–Crippen MR) is 80.1 cm³/mol. The minimum Gasteiger partial charge on any atom is -0.398 e. The van der Waals surface area contributed by atoms with Crippen LogP contribution in [0.4, 0.5) is 5.69 Å². The van der Waals surface area contributed by atoms with Gasteiger partial charge in [0.15, 0.2) is 0 Å². The third kappa shape index (κ3) is 3.15. The van der Waals surface area contributed by atoms with Crippen LogP contribution in [0.15, 0.2) is 48.8 Å². The van der Waals surface area contributed by atoms with Gasteiger partial charge in [0.2, 0.25) is 0 Å². The van der Waals surface area contributed by atoms with E-state index in [9.17, 15) is 4.79 Å². The van der Waals surface area contributed by atoms with E-state index in [1.54, 1.807) is 17.2 Å². The Labute approximate surface area is 119 Å². The molecular formula is C16H19N3O. The molecule has 0 saturated heterocycles. The molecule has 0 aliphatic carbocycles. The highest BCUT2D eigenvalue weighted by Gasteiger charge is 2.21. The van der Waals surface area contributed by atoms with E-state index in [-0.39, 0.29) is 11.9 Å². The summed E-state index contributed by atoms with van der Waals surface area (Å²) in [4.78, 5) is 18.4.